The molecule has 184 valence electrons. The van der Waals surface area contributed by atoms with Crippen molar-refractivity contribution in [3.63, 3.8) is 0 Å². The topological polar surface area (TPSA) is 138 Å². The molecule has 2 rings (SSSR count). The lowest BCUT2D eigenvalue weighted by Gasteiger charge is -2.29. The standard InChI is InChI=1S/C7H8ClFN2O2.C7H9FN2O3.CH4.Cl3OP/c1-3(2)11-6(12)4(9)5(8)10-7(11)13;1-3(2)10-6(12)4(8)5(11)9-7(10)13;;1-5(2,3)4/h3H,1-2H3,(H,10,13);3-4H,1-2H3,(H,9,11,13);1H4;. The molecule has 2 N–H and O–H groups in total. The van der Waals surface area contributed by atoms with Crippen LogP contribution >= 0.6 is 50.5 Å². The minimum atomic E-state index is -3.22. The molecular weight excluding hydrogens is 543 g/mol. The monoisotopic (exact) mass is 562 g/mol. The van der Waals surface area contributed by atoms with E-state index in [-0.39, 0.29) is 7.43 Å². The van der Waals surface area contributed by atoms with E-state index in [0.717, 1.165) is 4.57 Å². The Hall–Kier alpha value is -1.46. The predicted molar refractivity (Wildman–Crippen MR) is 119 cm³/mol. The molecular formula is C15H21Cl4F2N4O6P. The number of carbonyl (C=O) groups excluding carboxylic acids is 3. The third kappa shape index (κ3) is 9.99. The highest BCUT2D eigenvalue weighted by Crippen LogP contribution is 2.61. The molecule has 1 aromatic rings. The summed E-state index contributed by atoms with van der Waals surface area (Å²) in [6, 6.07) is -1.72. The minimum absolute atomic E-state index is 0. The van der Waals surface area contributed by atoms with Crippen molar-refractivity contribution in [2.75, 3.05) is 0 Å². The number of carbonyl (C=O) groups is 3. The third-order valence-electron chi connectivity index (χ3n) is 3.20. The molecule has 1 aromatic heterocycles. The van der Waals surface area contributed by atoms with Crippen molar-refractivity contribution in [2.45, 2.75) is 53.4 Å². The van der Waals surface area contributed by atoms with E-state index in [9.17, 15) is 37.3 Å². The summed E-state index contributed by atoms with van der Waals surface area (Å²) in [5.74, 6) is -3.41. The maximum Gasteiger partial charge on any atom is 0.339 e. The van der Waals surface area contributed by atoms with Crippen LogP contribution in [0, 0.1) is 5.82 Å². The predicted octanol–water partition coefficient (Wildman–Crippen LogP) is 4.17. The van der Waals surface area contributed by atoms with Gasteiger partial charge in [-0.15, -0.1) is 0 Å². The fourth-order valence-electron chi connectivity index (χ4n) is 2.02. The molecule has 17 heteroatoms. The van der Waals surface area contributed by atoms with Crippen molar-refractivity contribution in [1.82, 2.24) is 19.8 Å². The Morgan fingerprint density at radius 3 is 1.81 bits per heavy atom. The van der Waals surface area contributed by atoms with Crippen molar-refractivity contribution in [3.8, 4) is 0 Å². The molecule has 1 fully saturated rings. The average Bonchev–Trinajstić information content (AvgIpc) is 2.56. The molecule has 0 aromatic carbocycles. The molecule has 10 nitrogen and oxygen atoms in total. The largest absolute Gasteiger partial charge is 0.339 e. The average molecular weight is 564 g/mol. The van der Waals surface area contributed by atoms with E-state index in [1.165, 1.54) is 0 Å². The molecule has 1 aliphatic rings. The SMILES string of the molecule is C.CC(C)N1C(=O)NC(=O)C(F)C1=O.CC(C)n1c(=O)[nH]c(Cl)c(F)c1=O.O=P(Cl)(Cl)Cl. The van der Waals surface area contributed by atoms with Crippen molar-refractivity contribution in [1.29, 1.82) is 0 Å². The van der Waals surface area contributed by atoms with E-state index in [0.29, 0.717) is 4.90 Å². The van der Waals surface area contributed by atoms with Crippen molar-refractivity contribution >= 4 is 68.4 Å². The molecule has 1 atom stereocenters. The summed E-state index contributed by atoms with van der Waals surface area (Å²) in [6.07, 6.45) is -2.26. The Bertz CT molecular complexity index is 1000. The van der Waals surface area contributed by atoms with Crippen molar-refractivity contribution in [3.05, 3.63) is 31.8 Å². The van der Waals surface area contributed by atoms with Gasteiger partial charge in [-0.05, 0) is 61.4 Å². The van der Waals surface area contributed by atoms with E-state index < -0.39 is 63.5 Å². The number of barbiturate groups is 1. The molecule has 32 heavy (non-hydrogen) atoms. The molecule has 1 unspecified atom stereocenters. The lowest BCUT2D eigenvalue weighted by atomic mass is 10.2. The smallest absolute Gasteiger partial charge is 0.295 e. The van der Waals surface area contributed by atoms with Crippen LogP contribution in [-0.4, -0.2) is 44.5 Å². The quantitative estimate of drug-likeness (QED) is 0.314. The van der Waals surface area contributed by atoms with Gasteiger partial charge in [-0.2, -0.15) is 4.39 Å². The number of amides is 4. The van der Waals surface area contributed by atoms with Gasteiger partial charge in [0.25, 0.3) is 23.5 Å². The van der Waals surface area contributed by atoms with E-state index in [4.69, 9.17) is 11.6 Å². The molecule has 1 aliphatic heterocycles. The normalized spacial score (nSPS) is 15.9. The zero-order valence-electron chi connectivity index (χ0n) is 16.3. The molecule has 1 saturated heterocycles. The van der Waals surface area contributed by atoms with Crippen LogP contribution in [0.1, 0.15) is 41.2 Å². The first-order chi connectivity index (χ1) is 13.9. The molecule has 2 heterocycles. The first-order valence-corrected chi connectivity index (χ1v) is 12.9. The Balaban J connectivity index is 0. The molecule has 0 radical (unpaired) electrons. The number of aromatic amines is 1. The Morgan fingerprint density at radius 1 is 1.00 bits per heavy atom. The van der Waals surface area contributed by atoms with Gasteiger partial charge >= 0.3 is 16.9 Å². The van der Waals surface area contributed by atoms with Crippen LogP contribution < -0.4 is 16.6 Å². The molecule has 0 spiro atoms. The summed E-state index contributed by atoms with van der Waals surface area (Å²) in [7, 11) is 0. The van der Waals surface area contributed by atoms with Gasteiger partial charge < -0.3 is 0 Å². The first kappa shape index (κ1) is 32.7. The van der Waals surface area contributed by atoms with Gasteiger partial charge in [0.15, 0.2) is 5.15 Å². The number of hydrogen-bond acceptors (Lipinski definition) is 6. The van der Waals surface area contributed by atoms with Crippen LogP contribution in [0.5, 0.6) is 0 Å². The molecule has 0 aliphatic carbocycles. The van der Waals surface area contributed by atoms with Gasteiger partial charge in [-0.1, -0.05) is 19.0 Å². The van der Waals surface area contributed by atoms with Gasteiger partial charge in [0, 0.05) is 12.1 Å². The summed E-state index contributed by atoms with van der Waals surface area (Å²) >= 11 is 19.1. The van der Waals surface area contributed by atoms with Crippen molar-refractivity contribution < 1.29 is 27.7 Å². The van der Waals surface area contributed by atoms with Crippen LogP contribution in [0.25, 0.3) is 0 Å². The highest BCUT2D eigenvalue weighted by atomic mass is 36.0. The van der Waals surface area contributed by atoms with Crippen LogP contribution in [-0.2, 0) is 14.2 Å². The number of aromatic nitrogens is 2. The number of hydrogen-bond donors (Lipinski definition) is 2. The molecule has 0 saturated carbocycles. The fourth-order valence-corrected chi connectivity index (χ4v) is 2.18. The van der Waals surface area contributed by atoms with Crippen LogP contribution in [0.4, 0.5) is 13.6 Å². The van der Waals surface area contributed by atoms with Gasteiger partial charge in [0.2, 0.25) is 5.82 Å². The maximum atomic E-state index is 12.9. The van der Waals surface area contributed by atoms with E-state index in [1.54, 1.807) is 33.0 Å². The lowest BCUT2D eigenvalue weighted by molar-refractivity contribution is -0.144. The van der Waals surface area contributed by atoms with E-state index >= 15 is 0 Å². The summed E-state index contributed by atoms with van der Waals surface area (Å²) < 4.78 is 36.0. The Kier molecular flexibility index (Phi) is 13.6. The van der Waals surface area contributed by atoms with E-state index in [2.05, 4.69) is 33.7 Å². The van der Waals surface area contributed by atoms with Crippen LogP contribution in [0.2, 0.25) is 5.15 Å². The van der Waals surface area contributed by atoms with Gasteiger partial charge in [-0.3, -0.25) is 38.7 Å². The maximum absolute atomic E-state index is 12.9. The van der Waals surface area contributed by atoms with Gasteiger partial charge in [-0.25, -0.2) is 14.0 Å². The summed E-state index contributed by atoms with van der Waals surface area (Å²) in [5, 5.41) is -2.03. The fraction of sp³-hybridized carbons (Fsp3) is 0.533. The number of urea groups is 1. The number of H-pyrrole nitrogens is 1. The highest BCUT2D eigenvalue weighted by molar-refractivity contribution is 8.24. The number of nitrogens with one attached hydrogen (secondary N) is 2. The Labute approximate surface area is 200 Å². The lowest BCUT2D eigenvalue weighted by Crippen LogP contribution is -2.61. The number of imide groups is 2. The highest BCUT2D eigenvalue weighted by Gasteiger charge is 2.41. The van der Waals surface area contributed by atoms with Gasteiger partial charge in [0.1, 0.15) is 0 Å². The summed E-state index contributed by atoms with van der Waals surface area (Å²) in [4.78, 5) is 57.7. The van der Waals surface area contributed by atoms with Gasteiger partial charge in [0.05, 0.1) is 0 Å². The molecule has 0 bridgehead atoms. The first-order valence-electron chi connectivity index (χ1n) is 8.10. The zero-order valence-corrected chi connectivity index (χ0v) is 20.2. The third-order valence-corrected chi connectivity index (χ3v) is 3.46. The number of halogens is 6. The summed E-state index contributed by atoms with van der Waals surface area (Å²) in [6.45, 7) is 6.31. The Morgan fingerprint density at radius 2 is 1.44 bits per heavy atom. The molecule has 4 amide bonds. The van der Waals surface area contributed by atoms with Crippen molar-refractivity contribution in [2.24, 2.45) is 0 Å². The second kappa shape index (κ2) is 13.3. The van der Waals surface area contributed by atoms with Crippen LogP contribution in [0.15, 0.2) is 9.59 Å². The van der Waals surface area contributed by atoms with E-state index in [1.807, 2.05) is 4.98 Å². The number of nitrogens with zero attached hydrogens (tertiary/aromatic N) is 2. The van der Waals surface area contributed by atoms with Crippen LogP contribution in [0.3, 0.4) is 0 Å². The second-order valence-electron chi connectivity index (χ2n) is 6.18. The zero-order chi connectivity index (χ0) is 24.8. The number of alkyl halides is 1. The minimum Gasteiger partial charge on any atom is -0.295 e. The second-order valence-corrected chi connectivity index (χ2v) is 13.2. The summed E-state index contributed by atoms with van der Waals surface area (Å²) in [5.41, 5.74) is -1.70. The number of rotatable bonds is 2.